The van der Waals surface area contributed by atoms with E-state index in [1.54, 1.807) is 0 Å². The van der Waals surface area contributed by atoms with Crippen molar-refractivity contribution in [1.29, 1.82) is 0 Å². The van der Waals surface area contributed by atoms with Gasteiger partial charge in [-0.2, -0.15) is 5.10 Å². The molecule has 1 aliphatic rings. The van der Waals surface area contributed by atoms with Crippen LogP contribution in [0.15, 0.2) is 36.5 Å². The minimum Gasteiger partial charge on any atom is -0.268 e. The van der Waals surface area contributed by atoms with E-state index in [0.717, 1.165) is 13.0 Å². The molecular formula is C13H14N2. The zero-order chi connectivity index (χ0) is 10.1. The maximum Gasteiger partial charge on any atom is 0.0659 e. The summed E-state index contributed by atoms with van der Waals surface area (Å²) in [4.78, 5) is 0. The normalized spacial score (nSPS) is 14.1. The second-order valence-corrected chi connectivity index (χ2v) is 4.14. The quantitative estimate of drug-likeness (QED) is 0.724. The van der Waals surface area contributed by atoms with E-state index in [9.17, 15) is 0 Å². The summed E-state index contributed by atoms with van der Waals surface area (Å²) < 4.78 is 2.07. The van der Waals surface area contributed by atoms with Crippen molar-refractivity contribution in [3.8, 4) is 0 Å². The lowest BCUT2D eigenvalue weighted by atomic mass is 10.2. The van der Waals surface area contributed by atoms with Crippen LogP contribution in [0, 0.1) is 0 Å². The summed E-state index contributed by atoms with van der Waals surface area (Å²) in [5.41, 5.74) is 4.08. The molecule has 0 radical (unpaired) electrons. The Hall–Kier alpha value is -1.57. The maximum absolute atomic E-state index is 4.60. The molecule has 15 heavy (non-hydrogen) atoms. The highest BCUT2D eigenvalue weighted by Crippen LogP contribution is 2.20. The zero-order valence-electron chi connectivity index (χ0n) is 8.69. The van der Waals surface area contributed by atoms with Gasteiger partial charge in [-0.1, -0.05) is 30.3 Å². The summed E-state index contributed by atoms with van der Waals surface area (Å²) in [5, 5.41) is 4.60. The zero-order valence-corrected chi connectivity index (χ0v) is 8.69. The first kappa shape index (κ1) is 8.72. The highest BCUT2D eigenvalue weighted by molar-refractivity contribution is 5.23. The molecule has 0 N–H and O–H groups in total. The summed E-state index contributed by atoms with van der Waals surface area (Å²) in [7, 11) is 0. The van der Waals surface area contributed by atoms with Gasteiger partial charge in [0.05, 0.1) is 12.2 Å². The third-order valence-corrected chi connectivity index (χ3v) is 2.97. The van der Waals surface area contributed by atoms with Crippen LogP contribution in [0.1, 0.15) is 23.2 Å². The van der Waals surface area contributed by atoms with Gasteiger partial charge in [0.15, 0.2) is 0 Å². The van der Waals surface area contributed by atoms with Crippen LogP contribution in [0.5, 0.6) is 0 Å². The third kappa shape index (κ3) is 1.67. The van der Waals surface area contributed by atoms with Crippen LogP contribution in [0.2, 0.25) is 0 Å². The fourth-order valence-electron chi connectivity index (χ4n) is 2.22. The largest absolute Gasteiger partial charge is 0.268 e. The van der Waals surface area contributed by atoms with Gasteiger partial charge in [-0.15, -0.1) is 0 Å². The fourth-order valence-corrected chi connectivity index (χ4v) is 2.22. The number of hydrogen-bond acceptors (Lipinski definition) is 1. The SMILES string of the molecule is c1ccc(Cn2cc3c(n2)CCC3)cc1. The molecule has 0 fully saturated rings. The molecular weight excluding hydrogens is 184 g/mol. The molecule has 0 atom stereocenters. The molecule has 0 saturated carbocycles. The van der Waals surface area contributed by atoms with Crippen molar-refractivity contribution in [2.45, 2.75) is 25.8 Å². The standard InChI is InChI=1S/C13H14N2/c1-2-5-11(6-3-1)9-15-10-12-7-4-8-13(12)14-15/h1-3,5-6,10H,4,7-9H2. The smallest absolute Gasteiger partial charge is 0.0659 e. The minimum absolute atomic E-state index is 0.897. The summed E-state index contributed by atoms with van der Waals surface area (Å²) in [6.07, 6.45) is 5.86. The molecule has 2 heteroatoms. The summed E-state index contributed by atoms with van der Waals surface area (Å²) in [6.45, 7) is 0.897. The first-order valence-corrected chi connectivity index (χ1v) is 5.51. The monoisotopic (exact) mass is 198 g/mol. The summed E-state index contributed by atoms with van der Waals surface area (Å²) >= 11 is 0. The summed E-state index contributed by atoms with van der Waals surface area (Å²) in [6, 6.07) is 10.5. The Morgan fingerprint density at radius 3 is 2.80 bits per heavy atom. The molecule has 1 heterocycles. The second-order valence-electron chi connectivity index (χ2n) is 4.14. The van der Waals surface area contributed by atoms with Gasteiger partial charge in [-0.05, 0) is 30.4 Å². The Morgan fingerprint density at radius 2 is 2.00 bits per heavy atom. The molecule has 3 rings (SSSR count). The average molecular weight is 198 g/mol. The van der Waals surface area contributed by atoms with Crippen LogP contribution in [0.3, 0.4) is 0 Å². The fraction of sp³-hybridized carbons (Fsp3) is 0.308. The van der Waals surface area contributed by atoms with Crippen LogP contribution in [-0.4, -0.2) is 9.78 Å². The van der Waals surface area contributed by atoms with Gasteiger partial charge in [0.1, 0.15) is 0 Å². The van der Waals surface area contributed by atoms with E-state index in [1.807, 2.05) is 6.07 Å². The van der Waals surface area contributed by atoms with Gasteiger partial charge in [0.25, 0.3) is 0 Å². The molecule has 76 valence electrons. The Morgan fingerprint density at radius 1 is 1.13 bits per heavy atom. The van der Waals surface area contributed by atoms with Gasteiger partial charge in [0.2, 0.25) is 0 Å². The number of fused-ring (bicyclic) bond motifs is 1. The van der Waals surface area contributed by atoms with E-state index >= 15 is 0 Å². The predicted octanol–water partition coefficient (Wildman–Crippen LogP) is 2.42. The second kappa shape index (κ2) is 3.54. The van der Waals surface area contributed by atoms with Gasteiger partial charge in [-0.25, -0.2) is 0 Å². The topological polar surface area (TPSA) is 17.8 Å². The van der Waals surface area contributed by atoms with Crippen LogP contribution in [0.4, 0.5) is 0 Å². The Kier molecular flexibility index (Phi) is 2.05. The molecule has 0 spiro atoms. The van der Waals surface area contributed by atoms with Crippen molar-refractivity contribution in [3.05, 3.63) is 53.3 Å². The lowest BCUT2D eigenvalue weighted by molar-refractivity contribution is 0.663. The van der Waals surface area contributed by atoms with Crippen LogP contribution in [-0.2, 0) is 19.4 Å². The van der Waals surface area contributed by atoms with E-state index in [0.29, 0.717) is 0 Å². The minimum atomic E-state index is 0.897. The van der Waals surface area contributed by atoms with Crippen LogP contribution >= 0.6 is 0 Å². The van der Waals surface area contributed by atoms with Gasteiger partial charge < -0.3 is 0 Å². The lowest BCUT2D eigenvalue weighted by Gasteiger charge is -2.01. The Balaban J connectivity index is 1.83. The number of benzene rings is 1. The molecule has 1 aromatic heterocycles. The van der Waals surface area contributed by atoms with Crippen molar-refractivity contribution >= 4 is 0 Å². The molecule has 0 aliphatic heterocycles. The van der Waals surface area contributed by atoms with E-state index in [-0.39, 0.29) is 0 Å². The van der Waals surface area contributed by atoms with Crippen LogP contribution < -0.4 is 0 Å². The third-order valence-electron chi connectivity index (χ3n) is 2.97. The molecule has 0 saturated heterocycles. The Bertz CT molecular complexity index is 435. The van der Waals surface area contributed by atoms with Gasteiger partial charge in [-0.3, -0.25) is 4.68 Å². The first-order valence-electron chi connectivity index (χ1n) is 5.51. The highest BCUT2D eigenvalue weighted by atomic mass is 15.3. The Labute approximate surface area is 89.5 Å². The number of aryl methyl sites for hydroxylation is 2. The predicted molar refractivity (Wildman–Crippen MR) is 59.8 cm³/mol. The number of rotatable bonds is 2. The average Bonchev–Trinajstić information content (AvgIpc) is 2.79. The van der Waals surface area contributed by atoms with Gasteiger partial charge in [0, 0.05) is 6.20 Å². The first-order chi connectivity index (χ1) is 7.42. The van der Waals surface area contributed by atoms with E-state index in [1.165, 1.54) is 29.7 Å². The molecule has 2 aromatic rings. The number of nitrogens with zero attached hydrogens (tertiary/aromatic N) is 2. The number of hydrogen-bond donors (Lipinski definition) is 0. The molecule has 0 bridgehead atoms. The van der Waals surface area contributed by atoms with Crippen molar-refractivity contribution in [1.82, 2.24) is 9.78 Å². The number of aromatic nitrogens is 2. The molecule has 0 unspecified atom stereocenters. The van der Waals surface area contributed by atoms with E-state index in [2.05, 4.69) is 40.2 Å². The summed E-state index contributed by atoms with van der Waals surface area (Å²) in [5.74, 6) is 0. The van der Waals surface area contributed by atoms with Gasteiger partial charge >= 0.3 is 0 Å². The van der Waals surface area contributed by atoms with Crippen molar-refractivity contribution in [2.75, 3.05) is 0 Å². The molecule has 0 amide bonds. The van der Waals surface area contributed by atoms with Crippen molar-refractivity contribution < 1.29 is 0 Å². The molecule has 2 nitrogen and oxygen atoms in total. The highest BCUT2D eigenvalue weighted by Gasteiger charge is 2.14. The van der Waals surface area contributed by atoms with E-state index in [4.69, 9.17) is 0 Å². The van der Waals surface area contributed by atoms with Crippen molar-refractivity contribution in [2.24, 2.45) is 0 Å². The molecule has 1 aliphatic carbocycles. The lowest BCUT2D eigenvalue weighted by Crippen LogP contribution is -2.01. The van der Waals surface area contributed by atoms with Crippen LogP contribution in [0.25, 0.3) is 0 Å². The maximum atomic E-state index is 4.60. The van der Waals surface area contributed by atoms with E-state index < -0.39 is 0 Å². The van der Waals surface area contributed by atoms with Crippen molar-refractivity contribution in [3.63, 3.8) is 0 Å². The molecule has 1 aromatic carbocycles.